The third kappa shape index (κ3) is 5.57. The van der Waals surface area contributed by atoms with Crippen LogP contribution in [0.1, 0.15) is 70.5 Å². The van der Waals surface area contributed by atoms with Crippen LogP contribution in [0.5, 0.6) is 0 Å². The molecule has 1 atom stereocenters. The van der Waals surface area contributed by atoms with E-state index < -0.39 is 0 Å². The summed E-state index contributed by atoms with van der Waals surface area (Å²) < 4.78 is 1.91. The van der Waals surface area contributed by atoms with Crippen LogP contribution >= 0.6 is 23.1 Å². The van der Waals surface area contributed by atoms with Crippen LogP contribution in [0.2, 0.25) is 0 Å². The van der Waals surface area contributed by atoms with Crippen LogP contribution in [0, 0.1) is 18.3 Å². The fourth-order valence-electron chi connectivity index (χ4n) is 4.22. The quantitative estimate of drug-likeness (QED) is 0.429. The monoisotopic (exact) mass is 508 g/mol. The van der Waals surface area contributed by atoms with Crippen molar-refractivity contribution in [3.8, 4) is 6.07 Å². The highest BCUT2D eigenvalue weighted by molar-refractivity contribution is 7.99. The number of thioether (sulfide) groups is 1. The van der Waals surface area contributed by atoms with E-state index in [1.165, 1.54) is 28.0 Å². The molecule has 0 unspecified atom stereocenters. The number of anilines is 1. The zero-order chi connectivity index (χ0) is 24.9. The first-order chi connectivity index (χ1) is 16.9. The Kier molecular flexibility index (Phi) is 7.88. The van der Waals surface area contributed by atoms with Crippen molar-refractivity contribution in [1.82, 2.24) is 20.1 Å². The number of thiophene rings is 1. The second-order valence-corrected chi connectivity index (χ2v) is 10.6. The number of rotatable bonds is 8. The van der Waals surface area contributed by atoms with Crippen molar-refractivity contribution < 1.29 is 9.59 Å². The van der Waals surface area contributed by atoms with E-state index in [4.69, 9.17) is 0 Å². The Morgan fingerprint density at radius 2 is 2.09 bits per heavy atom. The molecule has 2 aromatic heterocycles. The molecule has 1 aliphatic carbocycles. The van der Waals surface area contributed by atoms with Crippen LogP contribution in [0.25, 0.3) is 0 Å². The number of carbonyl (C=O) groups is 2. The molecule has 2 amide bonds. The number of aryl methyl sites for hydroxylation is 2. The molecule has 1 aromatic carbocycles. The summed E-state index contributed by atoms with van der Waals surface area (Å²) >= 11 is 2.81. The van der Waals surface area contributed by atoms with E-state index >= 15 is 0 Å². The highest BCUT2D eigenvalue weighted by atomic mass is 32.2. The third-order valence-corrected chi connectivity index (χ3v) is 8.12. The molecule has 35 heavy (non-hydrogen) atoms. The fraction of sp³-hybridized carbons (Fsp3) is 0.400. The first kappa shape index (κ1) is 24.9. The molecule has 0 saturated heterocycles. The van der Waals surface area contributed by atoms with Crippen LogP contribution in [0.15, 0.2) is 29.4 Å². The Hall–Kier alpha value is -3.16. The van der Waals surface area contributed by atoms with Crippen molar-refractivity contribution >= 4 is 39.9 Å². The fourth-order valence-corrected chi connectivity index (χ4v) is 6.29. The van der Waals surface area contributed by atoms with Gasteiger partial charge in [0.05, 0.1) is 17.4 Å². The molecule has 10 heteroatoms. The van der Waals surface area contributed by atoms with Gasteiger partial charge in [-0.15, -0.1) is 21.5 Å². The molecule has 0 fully saturated rings. The molecular weight excluding hydrogens is 480 g/mol. The van der Waals surface area contributed by atoms with Gasteiger partial charge in [-0.05, 0) is 64.2 Å². The summed E-state index contributed by atoms with van der Waals surface area (Å²) in [6.45, 7) is 6.39. The number of amides is 2. The van der Waals surface area contributed by atoms with Crippen LogP contribution < -0.4 is 10.6 Å². The average Bonchev–Trinajstić information content (AvgIpc) is 3.42. The first-order valence-corrected chi connectivity index (χ1v) is 13.5. The highest BCUT2D eigenvalue weighted by Gasteiger charge is 2.23. The number of nitrogens with zero attached hydrogens (tertiary/aromatic N) is 4. The van der Waals surface area contributed by atoms with E-state index in [-0.39, 0.29) is 23.6 Å². The zero-order valence-electron chi connectivity index (χ0n) is 20.1. The van der Waals surface area contributed by atoms with Gasteiger partial charge in [0.25, 0.3) is 5.91 Å². The molecule has 0 aliphatic heterocycles. The van der Waals surface area contributed by atoms with Crippen LogP contribution in [-0.4, -0.2) is 32.3 Å². The molecule has 4 rings (SSSR count). The van der Waals surface area contributed by atoms with Gasteiger partial charge < -0.3 is 15.2 Å². The second-order valence-electron chi connectivity index (χ2n) is 8.51. The second kappa shape index (κ2) is 11.1. The number of fused-ring (bicyclic) bond motifs is 1. The van der Waals surface area contributed by atoms with Gasteiger partial charge in [0.15, 0.2) is 11.0 Å². The molecular formula is C25H28N6O2S2. The molecule has 2 heterocycles. The molecule has 0 radical (unpaired) electrons. The van der Waals surface area contributed by atoms with Crippen molar-refractivity contribution in [2.45, 2.75) is 64.2 Å². The van der Waals surface area contributed by atoms with Crippen molar-refractivity contribution in [2.24, 2.45) is 0 Å². The minimum Gasteiger partial charge on any atom is -0.342 e. The smallest absolute Gasteiger partial charge is 0.251 e. The first-order valence-electron chi connectivity index (χ1n) is 11.7. The number of aromatic nitrogens is 3. The van der Waals surface area contributed by atoms with E-state index in [1.807, 2.05) is 43.5 Å². The van der Waals surface area contributed by atoms with Gasteiger partial charge in [0.1, 0.15) is 11.1 Å². The number of hydrogen-bond donors (Lipinski definition) is 2. The Morgan fingerprint density at radius 1 is 1.29 bits per heavy atom. The van der Waals surface area contributed by atoms with E-state index in [0.29, 0.717) is 33.7 Å². The molecule has 8 nitrogen and oxygen atoms in total. The van der Waals surface area contributed by atoms with Gasteiger partial charge in [-0.3, -0.25) is 9.59 Å². The number of carbonyl (C=O) groups excluding carboxylic acids is 2. The van der Waals surface area contributed by atoms with Gasteiger partial charge >= 0.3 is 0 Å². The predicted molar refractivity (Wildman–Crippen MR) is 138 cm³/mol. The molecule has 182 valence electrons. The topological polar surface area (TPSA) is 113 Å². The average molecular weight is 509 g/mol. The van der Waals surface area contributed by atoms with Crippen molar-refractivity contribution in [1.29, 1.82) is 5.26 Å². The standard InChI is InChI=1S/C25H28N6O2S2/c1-4-31-22(16(3)27-23(33)17-9-7-8-15(2)12-17)29-30-25(31)34-14-21(32)28-24-19(13-26)18-10-5-6-11-20(18)35-24/h7-9,12,16H,4-6,10-11,14H2,1-3H3,(H,27,33)(H,28,32)/t16-/m0/s1. The number of hydrogen-bond acceptors (Lipinski definition) is 7. The summed E-state index contributed by atoms with van der Waals surface area (Å²) in [7, 11) is 0. The number of benzene rings is 1. The maximum Gasteiger partial charge on any atom is 0.251 e. The Labute approximate surface area is 213 Å². The van der Waals surface area contributed by atoms with E-state index in [9.17, 15) is 14.9 Å². The summed E-state index contributed by atoms with van der Waals surface area (Å²) in [5, 5.41) is 25.3. The lowest BCUT2D eigenvalue weighted by molar-refractivity contribution is -0.113. The Balaban J connectivity index is 1.39. The number of nitriles is 1. The van der Waals surface area contributed by atoms with Crippen molar-refractivity contribution in [2.75, 3.05) is 11.1 Å². The van der Waals surface area contributed by atoms with E-state index in [0.717, 1.165) is 36.8 Å². The van der Waals surface area contributed by atoms with E-state index in [2.05, 4.69) is 26.9 Å². The molecule has 1 aliphatic rings. The Morgan fingerprint density at radius 3 is 2.83 bits per heavy atom. The lowest BCUT2D eigenvalue weighted by Gasteiger charge is -2.15. The lowest BCUT2D eigenvalue weighted by atomic mass is 9.96. The van der Waals surface area contributed by atoms with Crippen LogP contribution in [0.4, 0.5) is 5.00 Å². The summed E-state index contributed by atoms with van der Waals surface area (Å²) in [6, 6.07) is 9.34. The zero-order valence-corrected chi connectivity index (χ0v) is 21.7. The van der Waals surface area contributed by atoms with Crippen molar-refractivity contribution in [3.63, 3.8) is 0 Å². The summed E-state index contributed by atoms with van der Waals surface area (Å²) in [5.41, 5.74) is 3.32. The largest absolute Gasteiger partial charge is 0.342 e. The highest BCUT2D eigenvalue weighted by Crippen LogP contribution is 2.37. The molecule has 3 aromatic rings. The van der Waals surface area contributed by atoms with E-state index in [1.54, 1.807) is 6.07 Å². The summed E-state index contributed by atoms with van der Waals surface area (Å²) in [5.74, 6) is 0.426. The van der Waals surface area contributed by atoms with Crippen LogP contribution in [0.3, 0.4) is 0 Å². The molecule has 0 bridgehead atoms. The van der Waals surface area contributed by atoms with Gasteiger partial charge in [0.2, 0.25) is 5.91 Å². The SMILES string of the molecule is CCn1c(SCC(=O)Nc2sc3c(c2C#N)CCCC3)nnc1[C@H](C)NC(=O)c1cccc(C)c1. The van der Waals surface area contributed by atoms with Crippen LogP contribution in [-0.2, 0) is 24.2 Å². The molecule has 2 N–H and O–H groups in total. The minimum absolute atomic E-state index is 0.148. The van der Waals surface area contributed by atoms with Gasteiger partial charge in [-0.2, -0.15) is 5.26 Å². The van der Waals surface area contributed by atoms with Gasteiger partial charge in [-0.25, -0.2) is 0 Å². The summed E-state index contributed by atoms with van der Waals surface area (Å²) in [6.07, 6.45) is 4.08. The number of nitrogens with one attached hydrogen (secondary N) is 2. The van der Waals surface area contributed by atoms with Gasteiger partial charge in [-0.1, -0.05) is 29.5 Å². The third-order valence-electron chi connectivity index (χ3n) is 5.95. The van der Waals surface area contributed by atoms with Crippen molar-refractivity contribution in [3.05, 3.63) is 57.2 Å². The molecule has 0 saturated carbocycles. The lowest BCUT2D eigenvalue weighted by Crippen LogP contribution is -2.28. The normalized spacial score (nSPS) is 13.5. The summed E-state index contributed by atoms with van der Waals surface area (Å²) in [4.78, 5) is 26.6. The molecule has 0 spiro atoms. The van der Waals surface area contributed by atoms with Gasteiger partial charge in [0, 0.05) is 17.0 Å². The maximum atomic E-state index is 12.7. The Bertz CT molecular complexity index is 1290. The maximum absolute atomic E-state index is 12.7. The minimum atomic E-state index is -0.353. The predicted octanol–water partition coefficient (Wildman–Crippen LogP) is 4.64.